The minimum atomic E-state index is -0.286. The number of amides is 2. The zero-order valence-electron chi connectivity index (χ0n) is 19.4. The molecule has 0 fully saturated rings. The lowest BCUT2D eigenvalue weighted by Crippen LogP contribution is -2.32. The maximum atomic E-state index is 12.5. The number of benzene rings is 1. The molecular formula is C27H32BrN3O2. The normalized spacial score (nSPS) is 18.7. The third kappa shape index (κ3) is 7.34. The van der Waals surface area contributed by atoms with E-state index in [1.165, 1.54) is 11.1 Å². The van der Waals surface area contributed by atoms with Gasteiger partial charge in [-0.15, -0.1) is 0 Å². The zero-order valence-corrected chi connectivity index (χ0v) is 21.0. The van der Waals surface area contributed by atoms with Gasteiger partial charge in [0.15, 0.2) is 0 Å². The molecule has 2 amide bonds. The second-order valence-corrected chi connectivity index (χ2v) is 8.88. The largest absolute Gasteiger partial charge is 0.496 e. The molecule has 2 unspecified atom stereocenters. The maximum absolute atomic E-state index is 12.5. The van der Waals surface area contributed by atoms with Gasteiger partial charge in [0.1, 0.15) is 5.76 Å². The van der Waals surface area contributed by atoms with E-state index in [-0.39, 0.29) is 18.1 Å². The first kappa shape index (κ1) is 24.8. The molecule has 0 aromatic heterocycles. The Kier molecular flexibility index (Phi) is 9.34. The van der Waals surface area contributed by atoms with Crippen LogP contribution in [0.1, 0.15) is 44.7 Å². The van der Waals surface area contributed by atoms with E-state index in [1.807, 2.05) is 30.4 Å². The molecule has 174 valence electrons. The van der Waals surface area contributed by atoms with Crippen molar-refractivity contribution in [3.8, 4) is 0 Å². The number of hydrogen-bond acceptors (Lipinski definition) is 3. The summed E-state index contributed by atoms with van der Waals surface area (Å²) in [6.45, 7) is 4.35. The molecule has 0 heterocycles. The highest BCUT2D eigenvalue weighted by molar-refractivity contribution is 9.12. The van der Waals surface area contributed by atoms with Crippen LogP contribution in [-0.2, 0) is 4.74 Å². The van der Waals surface area contributed by atoms with Crippen molar-refractivity contribution >= 4 is 27.6 Å². The lowest BCUT2D eigenvalue weighted by atomic mass is 9.99. The SMILES string of the molecule is CCCC(NC1C=CC=CC=C1C)c1ccc(NC(=O)NC2=CCC=C(OC)C(Br)=C2)cc1. The van der Waals surface area contributed by atoms with E-state index in [2.05, 4.69) is 88.2 Å². The van der Waals surface area contributed by atoms with E-state index < -0.39 is 0 Å². The van der Waals surface area contributed by atoms with Crippen LogP contribution in [0.15, 0.2) is 94.4 Å². The molecule has 0 aliphatic heterocycles. The molecule has 0 saturated heterocycles. The molecule has 0 radical (unpaired) electrons. The van der Waals surface area contributed by atoms with Crippen LogP contribution >= 0.6 is 15.9 Å². The van der Waals surface area contributed by atoms with E-state index in [4.69, 9.17) is 4.74 Å². The van der Waals surface area contributed by atoms with Gasteiger partial charge >= 0.3 is 6.03 Å². The highest BCUT2D eigenvalue weighted by Crippen LogP contribution is 2.24. The number of methoxy groups -OCH3 is 1. The average Bonchev–Trinajstić information content (AvgIpc) is 3.11. The highest BCUT2D eigenvalue weighted by Gasteiger charge is 2.17. The van der Waals surface area contributed by atoms with Crippen molar-refractivity contribution in [2.45, 2.75) is 45.2 Å². The number of anilines is 1. The maximum Gasteiger partial charge on any atom is 0.323 e. The molecule has 0 bridgehead atoms. The standard InChI is InChI=1S/C27H32BrN3O2/c1-4-9-25(31-24-12-7-5-6-10-19(24)2)20-14-16-21(17-15-20)29-27(32)30-22-11-8-13-26(33-3)23(28)18-22/h5-7,10-18,24-25,31H,4,8-9H2,1-3H3,(H2,29,30,32). The quantitative estimate of drug-likeness (QED) is 0.362. The van der Waals surface area contributed by atoms with E-state index in [9.17, 15) is 4.79 Å². The number of urea groups is 1. The van der Waals surface area contributed by atoms with Gasteiger partial charge in [-0.1, -0.05) is 67.5 Å². The Morgan fingerprint density at radius 1 is 1.15 bits per heavy atom. The first-order chi connectivity index (χ1) is 16.0. The van der Waals surface area contributed by atoms with E-state index >= 15 is 0 Å². The molecular weight excluding hydrogens is 478 g/mol. The predicted molar refractivity (Wildman–Crippen MR) is 140 cm³/mol. The number of carbonyl (C=O) groups is 1. The number of hydrogen-bond donors (Lipinski definition) is 3. The number of halogens is 1. The summed E-state index contributed by atoms with van der Waals surface area (Å²) in [4.78, 5) is 12.5. The Hall–Kier alpha value is -2.83. The molecule has 5 nitrogen and oxygen atoms in total. The molecule has 0 saturated carbocycles. The van der Waals surface area contributed by atoms with Crippen molar-refractivity contribution in [3.05, 3.63) is 99.9 Å². The topological polar surface area (TPSA) is 62.4 Å². The van der Waals surface area contributed by atoms with Crippen molar-refractivity contribution < 1.29 is 9.53 Å². The monoisotopic (exact) mass is 509 g/mol. The number of carbonyl (C=O) groups excluding carboxylic acids is 1. The molecule has 33 heavy (non-hydrogen) atoms. The van der Waals surface area contributed by atoms with Crippen molar-refractivity contribution in [3.63, 3.8) is 0 Å². The Labute approximate surface area is 205 Å². The molecule has 2 aliphatic carbocycles. The predicted octanol–water partition coefficient (Wildman–Crippen LogP) is 6.78. The molecule has 2 atom stereocenters. The zero-order chi connectivity index (χ0) is 23.6. The molecule has 2 aliphatic rings. The van der Waals surface area contributed by atoms with Crippen LogP contribution in [0.25, 0.3) is 0 Å². The van der Waals surface area contributed by atoms with Crippen LogP contribution in [0.3, 0.4) is 0 Å². The summed E-state index contributed by atoms with van der Waals surface area (Å²) in [7, 11) is 1.62. The first-order valence-corrected chi connectivity index (χ1v) is 12.1. The molecule has 1 aromatic carbocycles. The fourth-order valence-electron chi connectivity index (χ4n) is 3.76. The summed E-state index contributed by atoms with van der Waals surface area (Å²) in [6.07, 6.45) is 19.1. The average molecular weight is 510 g/mol. The lowest BCUT2D eigenvalue weighted by Gasteiger charge is -2.25. The fraction of sp³-hybridized carbons (Fsp3) is 0.296. The molecule has 0 spiro atoms. The van der Waals surface area contributed by atoms with Crippen LogP contribution in [0, 0.1) is 0 Å². The minimum Gasteiger partial charge on any atom is -0.496 e. The highest BCUT2D eigenvalue weighted by atomic mass is 79.9. The molecule has 1 aromatic rings. The van der Waals surface area contributed by atoms with Crippen molar-refractivity contribution in [2.24, 2.45) is 0 Å². The number of ether oxygens (including phenoxy) is 1. The van der Waals surface area contributed by atoms with Gasteiger partial charge in [0.25, 0.3) is 0 Å². The molecule has 6 heteroatoms. The van der Waals surface area contributed by atoms with Crippen LogP contribution in [0.4, 0.5) is 10.5 Å². The molecule has 3 N–H and O–H groups in total. The summed E-state index contributed by atoms with van der Waals surface area (Å²) in [5.74, 6) is 0.746. The van der Waals surface area contributed by atoms with Crippen LogP contribution in [-0.4, -0.2) is 19.2 Å². The summed E-state index contributed by atoms with van der Waals surface area (Å²) >= 11 is 3.48. The van der Waals surface area contributed by atoms with Crippen molar-refractivity contribution in [1.82, 2.24) is 10.6 Å². The van der Waals surface area contributed by atoms with E-state index in [1.54, 1.807) is 7.11 Å². The second kappa shape index (κ2) is 12.4. The Morgan fingerprint density at radius 3 is 2.67 bits per heavy atom. The fourth-order valence-corrected chi connectivity index (χ4v) is 4.33. The Balaban J connectivity index is 1.62. The van der Waals surface area contributed by atoms with Gasteiger partial charge in [-0.25, -0.2) is 4.79 Å². The van der Waals surface area contributed by atoms with Gasteiger partial charge in [0.2, 0.25) is 0 Å². The van der Waals surface area contributed by atoms with Crippen molar-refractivity contribution in [2.75, 3.05) is 12.4 Å². The Morgan fingerprint density at radius 2 is 1.94 bits per heavy atom. The first-order valence-electron chi connectivity index (χ1n) is 11.3. The molecule has 3 rings (SSSR count). The smallest absolute Gasteiger partial charge is 0.323 e. The summed E-state index contributed by atoms with van der Waals surface area (Å²) in [5.41, 5.74) is 3.95. The number of nitrogens with one attached hydrogen (secondary N) is 3. The van der Waals surface area contributed by atoms with Crippen LogP contribution < -0.4 is 16.0 Å². The second-order valence-electron chi connectivity index (χ2n) is 8.03. The van der Waals surface area contributed by atoms with E-state index in [0.29, 0.717) is 12.1 Å². The van der Waals surface area contributed by atoms with Gasteiger partial charge < -0.3 is 20.7 Å². The number of allylic oxidation sites excluding steroid dienone is 8. The van der Waals surface area contributed by atoms with E-state index in [0.717, 1.165) is 28.8 Å². The lowest BCUT2D eigenvalue weighted by molar-refractivity contribution is 0.254. The summed E-state index contributed by atoms with van der Waals surface area (Å²) in [5, 5.41) is 9.57. The van der Waals surface area contributed by atoms with Gasteiger partial charge in [-0.2, -0.15) is 0 Å². The Bertz CT molecular complexity index is 1020. The third-order valence-electron chi connectivity index (χ3n) is 5.54. The van der Waals surface area contributed by atoms with Crippen LogP contribution in [0.2, 0.25) is 0 Å². The van der Waals surface area contributed by atoms with Gasteiger partial charge in [0.05, 0.1) is 11.6 Å². The van der Waals surface area contributed by atoms with Crippen LogP contribution in [0.5, 0.6) is 0 Å². The summed E-state index contributed by atoms with van der Waals surface area (Å²) < 4.78 is 6.10. The van der Waals surface area contributed by atoms with Gasteiger partial charge in [0, 0.05) is 23.5 Å². The van der Waals surface area contributed by atoms with Crippen molar-refractivity contribution in [1.29, 1.82) is 0 Å². The van der Waals surface area contributed by atoms with Gasteiger partial charge in [-0.05, 0) is 65.5 Å². The summed E-state index contributed by atoms with van der Waals surface area (Å²) in [6, 6.07) is 8.21. The minimum absolute atomic E-state index is 0.202. The number of rotatable bonds is 8. The third-order valence-corrected chi connectivity index (χ3v) is 6.16. The van der Waals surface area contributed by atoms with Gasteiger partial charge in [-0.3, -0.25) is 0 Å².